The van der Waals surface area contributed by atoms with Crippen LogP contribution in [0.3, 0.4) is 0 Å². The van der Waals surface area contributed by atoms with E-state index in [-0.39, 0.29) is 5.60 Å². The second-order valence-corrected chi connectivity index (χ2v) is 7.46. The SMILES string of the molecule is Cc1nc(CN(C)Cc2ccc(O[C@@]34CCCN(CC3)C4)cc2)no1. The number of hydrogen-bond donors (Lipinski definition) is 0. The molecule has 2 fully saturated rings. The molecule has 2 aromatic rings. The van der Waals surface area contributed by atoms with Gasteiger partial charge in [-0.1, -0.05) is 17.3 Å². The largest absolute Gasteiger partial charge is 0.486 e. The summed E-state index contributed by atoms with van der Waals surface area (Å²) in [5.41, 5.74) is 1.30. The molecule has 134 valence electrons. The summed E-state index contributed by atoms with van der Waals surface area (Å²) in [5, 5.41) is 3.95. The Labute approximate surface area is 148 Å². The van der Waals surface area contributed by atoms with Gasteiger partial charge < -0.3 is 9.26 Å². The maximum absolute atomic E-state index is 6.40. The van der Waals surface area contributed by atoms with Gasteiger partial charge in [0, 0.05) is 33.0 Å². The minimum Gasteiger partial charge on any atom is -0.486 e. The molecule has 2 bridgehead atoms. The van der Waals surface area contributed by atoms with Crippen LogP contribution < -0.4 is 4.74 Å². The molecule has 0 spiro atoms. The zero-order chi connectivity index (χ0) is 17.3. The van der Waals surface area contributed by atoms with Crippen LogP contribution in [-0.2, 0) is 13.1 Å². The number of aryl methyl sites for hydroxylation is 1. The molecule has 0 saturated carbocycles. The molecule has 6 nitrogen and oxygen atoms in total. The standard InChI is InChI=1S/C19H26N4O2/c1-15-20-18(21-25-15)13-22(2)12-16-4-6-17(7-5-16)24-19-8-3-10-23(14-19)11-9-19/h4-7H,3,8-14H2,1-2H3/t19-/m0/s1. The molecule has 0 aliphatic carbocycles. The van der Waals surface area contributed by atoms with Gasteiger partial charge in [0.2, 0.25) is 5.89 Å². The van der Waals surface area contributed by atoms with E-state index in [4.69, 9.17) is 9.26 Å². The molecule has 3 heterocycles. The first-order valence-electron chi connectivity index (χ1n) is 9.08. The Balaban J connectivity index is 1.34. The van der Waals surface area contributed by atoms with E-state index in [0.717, 1.165) is 31.1 Å². The molecule has 6 heteroatoms. The number of aromatic nitrogens is 2. The molecule has 2 atom stereocenters. The monoisotopic (exact) mass is 342 g/mol. The van der Waals surface area contributed by atoms with E-state index in [0.29, 0.717) is 12.4 Å². The lowest BCUT2D eigenvalue weighted by molar-refractivity contribution is 0.0453. The van der Waals surface area contributed by atoms with Gasteiger partial charge in [-0.05, 0) is 44.1 Å². The summed E-state index contributed by atoms with van der Waals surface area (Å²) in [5.74, 6) is 2.32. The molecule has 4 rings (SSSR count). The predicted octanol–water partition coefficient (Wildman–Crippen LogP) is 2.63. The summed E-state index contributed by atoms with van der Waals surface area (Å²) < 4.78 is 11.4. The van der Waals surface area contributed by atoms with Gasteiger partial charge >= 0.3 is 0 Å². The summed E-state index contributed by atoms with van der Waals surface area (Å²) in [7, 11) is 2.06. The molecule has 1 unspecified atom stereocenters. The van der Waals surface area contributed by atoms with E-state index >= 15 is 0 Å². The van der Waals surface area contributed by atoms with Crippen LogP contribution in [0.5, 0.6) is 5.75 Å². The van der Waals surface area contributed by atoms with Crippen LogP contribution in [-0.4, -0.2) is 52.2 Å². The van der Waals surface area contributed by atoms with Gasteiger partial charge in [-0.25, -0.2) is 0 Å². The van der Waals surface area contributed by atoms with Gasteiger partial charge in [0.15, 0.2) is 5.82 Å². The van der Waals surface area contributed by atoms with Crippen molar-refractivity contribution in [3.8, 4) is 5.75 Å². The van der Waals surface area contributed by atoms with Crippen LogP contribution in [0.4, 0.5) is 0 Å². The minimum absolute atomic E-state index is 0.0487. The normalized spacial score (nSPS) is 25.5. The van der Waals surface area contributed by atoms with Crippen molar-refractivity contribution in [2.45, 2.75) is 44.9 Å². The van der Waals surface area contributed by atoms with Crippen molar-refractivity contribution in [3.05, 3.63) is 41.5 Å². The summed E-state index contributed by atoms with van der Waals surface area (Å²) in [4.78, 5) is 8.94. The highest BCUT2D eigenvalue weighted by atomic mass is 16.5. The van der Waals surface area contributed by atoms with Gasteiger partial charge in [0.25, 0.3) is 0 Å². The van der Waals surface area contributed by atoms with Crippen molar-refractivity contribution in [1.82, 2.24) is 19.9 Å². The molecule has 0 N–H and O–H groups in total. The molecule has 2 aliphatic rings. The first kappa shape index (κ1) is 16.5. The Kier molecular flexibility index (Phi) is 4.48. The Morgan fingerprint density at radius 2 is 2.04 bits per heavy atom. The fourth-order valence-corrected chi connectivity index (χ4v) is 4.01. The average molecular weight is 342 g/mol. The molecule has 2 aliphatic heterocycles. The first-order valence-corrected chi connectivity index (χ1v) is 9.08. The van der Waals surface area contributed by atoms with E-state index in [1.54, 1.807) is 0 Å². The van der Waals surface area contributed by atoms with Crippen LogP contribution in [0.2, 0.25) is 0 Å². The van der Waals surface area contributed by atoms with Crippen molar-refractivity contribution in [1.29, 1.82) is 0 Å². The van der Waals surface area contributed by atoms with Crippen LogP contribution >= 0.6 is 0 Å². The van der Waals surface area contributed by atoms with Gasteiger partial charge in [0.1, 0.15) is 11.4 Å². The zero-order valence-electron chi connectivity index (χ0n) is 15.1. The second-order valence-electron chi connectivity index (χ2n) is 7.46. The van der Waals surface area contributed by atoms with Crippen molar-refractivity contribution >= 4 is 0 Å². The molecule has 1 aromatic carbocycles. The molecular weight excluding hydrogens is 316 g/mol. The van der Waals surface area contributed by atoms with Crippen LogP contribution in [0.25, 0.3) is 0 Å². The average Bonchev–Trinajstić information content (AvgIpc) is 3.12. The second kappa shape index (κ2) is 6.77. The van der Waals surface area contributed by atoms with Crippen molar-refractivity contribution in [2.24, 2.45) is 0 Å². The molecule has 1 aromatic heterocycles. The highest BCUT2D eigenvalue weighted by molar-refractivity contribution is 5.28. The van der Waals surface area contributed by atoms with Crippen molar-refractivity contribution in [2.75, 3.05) is 26.7 Å². The lowest BCUT2D eigenvalue weighted by Crippen LogP contribution is -2.43. The lowest BCUT2D eigenvalue weighted by Gasteiger charge is -2.34. The van der Waals surface area contributed by atoms with Gasteiger partial charge in [0.05, 0.1) is 6.54 Å². The third-order valence-corrected chi connectivity index (χ3v) is 5.19. The van der Waals surface area contributed by atoms with Crippen molar-refractivity contribution < 1.29 is 9.26 Å². The highest BCUT2D eigenvalue weighted by Crippen LogP contribution is 2.35. The summed E-state index contributed by atoms with van der Waals surface area (Å²) in [6.45, 7) is 6.82. The van der Waals surface area contributed by atoms with E-state index in [2.05, 4.69) is 51.3 Å². The van der Waals surface area contributed by atoms with E-state index in [1.165, 1.54) is 31.5 Å². The zero-order valence-corrected chi connectivity index (χ0v) is 15.1. The summed E-state index contributed by atoms with van der Waals surface area (Å²) >= 11 is 0. The van der Waals surface area contributed by atoms with Crippen molar-refractivity contribution in [3.63, 3.8) is 0 Å². The first-order chi connectivity index (χ1) is 12.1. The molecule has 0 radical (unpaired) electrons. The Hall–Kier alpha value is -1.92. The molecule has 25 heavy (non-hydrogen) atoms. The number of piperidine rings is 1. The Morgan fingerprint density at radius 3 is 2.80 bits per heavy atom. The number of hydrogen-bond acceptors (Lipinski definition) is 6. The summed E-state index contributed by atoms with van der Waals surface area (Å²) in [6, 6.07) is 8.51. The number of benzene rings is 1. The van der Waals surface area contributed by atoms with E-state index < -0.39 is 0 Å². The van der Waals surface area contributed by atoms with Gasteiger partial charge in [-0.2, -0.15) is 4.98 Å². The minimum atomic E-state index is 0.0487. The molecule has 2 saturated heterocycles. The number of fused-ring (bicyclic) bond motifs is 2. The topological polar surface area (TPSA) is 54.6 Å². The third kappa shape index (κ3) is 3.85. The maximum atomic E-state index is 6.40. The lowest BCUT2D eigenvalue weighted by atomic mass is 9.94. The fourth-order valence-electron chi connectivity index (χ4n) is 4.01. The molecular formula is C19H26N4O2. The van der Waals surface area contributed by atoms with Crippen LogP contribution in [0.15, 0.2) is 28.8 Å². The quantitative estimate of drug-likeness (QED) is 0.804. The summed E-state index contributed by atoms with van der Waals surface area (Å²) in [6.07, 6.45) is 3.58. The fraction of sp³-hybridized carbons (Fsp3) is 0.579. The predicted molar refractivity (Wildman–Crippen MR) is 94.3 cm³/mol. The highest BCUT2D eigenvalue weighted by Gasteiger charge is 2.42. The van der Waals surface area contributed by atoms with E-state index in [9.17, 15) is 0 Å². The van der Waals surface area contributed by atoms with Crippen LogP contribution in [0.1, 0.15) is 36.5 Å². The number of ether oxygens (including phenoxy) is 1. The van der Waals surface area contributed by atoms with Gasteiger partial charge in [-0.3, -0.25) is 9.80 Å². The van der Waals surface area contributed by atoms with Gasteiger partial charge in [-0.15, -0.1) is 0 Å². The number of nitrogens with zero attached hydrogens (tertiary/aromatic N) is 4. The molecule has 0 amide bonds. The number of rotatable bonds is 6. The van der Waals surface area contributed by atoms with E-state index in [1.807, 2.05) is 6.92 Å². The maximum Gasteiger partial charge on any atom is 0.223 e. The Bertz CT molecular complexity index is 710. The van der Waals surface area contributed by atoms with Crippen LogP contribution in [0, 0.1) is 6.92 Å². The smallest absolute Gasteiger partial charge is 0.223 e. The Morgan fingerprint density at radius 1 is 1.20 bits per heavy atom. The third-order valence-electron chi connectivity index (χ3n) is 5.19.